The van der Waals surface area contributed by atoms with E-state index in [9.17, 15) is 0 Å². The van der Waals surface area contributed by atoms with E-state index in [2.05, 4.69) is 42.8 Å². The van der Waals surface area contributed by atoms with Crippen molar-refractivity contribution in [1.29, 1.82) is 0 Å². The fraction of sp³-hybridized carbons (Fsp3) is 0.625. The molecule has 0 heterocycles. The van der Waals surface area contributed by atoms with Crippen LogP contribution in [0.15, 0.2) is 18.2 Å². The van der Waals surface area contributed by atoms with E-state index < -0.39 is 0 Å². The molecule has 2 N–H and O–H groups in total. The third-order valence-corrected chi connectivity index (χ3v) is 4.34. The monoisotopic (exact) mass is 262 g/mol. The predicted molar refractivity (Wildman–Crippen MR) is 79.8 cm³/mol. The molecule has 0 saturated heterocycles. The molecule has 0 spiro atoms. The highest BCUT2D eigenvalue weighted by Crippen LogP contribution is 2.55. The van der Waals surface area contributed by atoms with E-state index >= 15 is 0 Å². The molecule has 2 rings (SSSR count). The van der Waals surface area contributed by atoms with Crippen LogP contribution in [0, 0.1) is 5.41 Å². The van der Waals surface area contributed by atoms with Crippen molar-refractivity contribution in [3.05, 3.63) is 29.3 Å². The molecular formula is C16H26N2O. The minimum atomic E-state index is 0.350. The maximum atomic E-state index is 5.57. The number of hydrogen-bond acceptors (Lipinski definition) is 3. The van der Waals surface area contributed by atoms with Gasteiger partial charge in [0.05, 0.1) is 7.11 Å². The van der Waals surface area contributed by atoms with Gasteiger partial charge in [-0.15, -0.1) is 0 Å². The number of hydrogen-bond donors (Lipinski definition) is 2. The molecule has 1 aromatic carbocycles. The number of rotatable bonds is 7. The molecule has 1 fully saturated rings. The molecule has 0 aliphatic heterocycles. The number of benzene rings is 1. The third-order valence-electron chi connectivity index (χ3n) is 4.34. The van der Waals surface area contributed by atoms with Gasteiger partial charge in [-0.3, -0.25) is 0 Å². The van der Waals surface area contributed by atoms with Crippen molar-refractivity contribution in [1.82, 2.24) is 10.6 Å². The van der Waals surface area contributed by atoms with Crippen LogP contribution in [-0.2, 0) is 6.42 Å². The molecular weight excluding hydrogens is 236 g/mol. The smallest absolute Gasteiger partial charge is 0.123 e. The quantitative estimate of drug-likeness (QED) is 0.792. The number of nitrogens with one attached hydrogen (secondary N) is 2. The van der Waals surface area contributed by atoms with Gasteiger partial charge in [0.15, 0.2) is 0 Å². The highest BCUT2D eigenvalue weighted by Gasteiger charge is 2.49. The van der Waals surface area contributed by atoms with E-state index in [1.807, 2.05) is 7.05 Å². The predicted octanol–water partition coefficient (Wildman–Crippen LogP) is 2.52. The zero-order chi connectivity index (χ0) is 13.9. The van der Waals surface area contributed by atoms with E-state index in [0.29, 0.717) is 11.5 Å². The molecule has 1 aliphatic carbocycles. The zero-order valence-electron chi connectivity index (χ0n) is 12.5. The Balaban J connectivity index is 2.36. The lowest BCUT2D eigenvalue weighted by molar-refractivity contribution is 0.329. The zero-order valence-corrected chi connectivity index (χ0v) is 12.5. The summed E-state index contributed by atoms with van der Waals surface area (Å²) in [4.78, 5) is 0. The van der Waals surface area contributed by atoms with E-state index in [1.165, 1.54) is 24.0 Å². The van der Waals surface area contributed by atoms with Gasteiger partial charge in [-0.2, -0.15) is 0 Å². The van der Waals surface area contributed by atoms with Crippen LogP contribution in [0.1, 0.15) is 36.9 Å². The van der Waals surface area contributed by atoms with Crippen LogP contribution in [0.5, 0.6) is 5.75 Å². The fourth-order valence-electron chi connectivity index (χ4n) is 3.10. The average molecular weight is 262 g/mol. The van der Waals surface area contributed by atoms with Gasteiger partial charge in [-0.1, -0.05) is 19.1 Å². The van der Waals surface area contributed by atoms with Crippen molar-refractivity contribution in [3.8, 4) is 5.75 Å². The second-order valence-corrected chi connectivity index (χ2v) is 5.54. The molecule has 19 heavy (non-hydrogen) atoms. The third kappa shape index (κ3) is 2.77. The van der Waals surface area contributed by atoms with Crippen LogP contribution < -0.4 is 15.4 Å². The minimum absolute atomic E-state index is 0.350. The van der Waals surface area contributed by atoms with Gasteiger partial charge in [-0.05, 0) is 45.0 Å². The molecule has 0 amide bonds. The summed E-state index contributed by atoms with van der Waals surface area (Å²) >= 11 is 0. The molecule has 1 saturated carbocycles. The first-order chi connectivity index (χ1) is 9.20. The summed E-state index contributed by atoms with van der Waals surface area (Å²) in [6, 6.07) is 6.93. The number of methoxy groups -OCH3 is 1. The normalized spacial score (nSPS) is 18.1. The second kappa shape index (κ2) is 5.93. The van der Waals surface area contributed by atoms with Crippen molar-refractivity contribution < 1.29 is 4.74 Å². The lowest BCUT2D eigenvalue weighted by atomic mass is 9.88. The highest BCUT2D eigenvalue weighted by atomic mass is 16.5. The van der Waals surface area contributed by atoms with Crippen LogP contribution in [-0.4, -0.2) is 27.7 Å². The average Bonchev–Trinajstić information content (AvgIpc) is 3.20. The first kappa shape index (κ1) is 14.4. The second-order valence-electron chi connectivity index (χ2n) is 5.54. The van der Waals surface area contributed by atoms with Crippen LogP contribution in [0.3, 0.4) is 0 Å². The van der Waals surface area contributed by atoms with Gasteiger partial charge in [0, 0.05) is 23.6 Å². The van der Waals surface area contributed by atoms with Gasteiger partial charge >= 0.3 is 0 Å². The summed E-state index contributed by atoms with van der Waals surface area (Å²) in [7, 11) is 5.85. The van der Waals surface area contributed by atoms with Gasteiger partial charge in [0.1, 0.15) is 5.75 Å². The standard InChI is InChI=1S/C16H26N2O/c1-5-12-6-7-14(19-4)13(10-12)15(18-3)16(8-9-16)11-17-2/h6-7,10,15,17-18H,5,8-9,11H2,1-4H3. The van der Waals surface area contributed by atoms with Gasteiger partial charge in [0.25, 0.3) is 0 Å². The van der Waals surface area contributed by atoms with Crippen molar-refractivity contribution in [2.24, 2.45) is 5.41 Å². The Hall–Kier alpha value is -1.06. The van der Waals surface area contributed by atoms with E-state index in [0.717, 1.165) is 18.7 Å². The number of aryl methyl sites for hydroxylation is 1. The molecule has 0 radical (unpaired) electrons. The largest absolute Gasteiger partial charge is 0.496 e. The lowest BCUT2D eigenvalue weighted by Crippen LogP contribution is -2.33. The summed E-state index contributed by atoms with van der Waals surface area (Å²) in [5.41, 5.74) is 3.02. The van der Waals surface area contributed by atoms with E-state index in [4.69, 9.17) is 4.74 Å². The minimum Gasteiger partial charge on any atom is -0.496 e. The Kier molecular flexibility index (Phi) is 4.48. The topological polar surface area (TPSA) is 33.3 Å². The SMILES string of the molecule is CCc1ccc(OC)c(C(NC)C2(CNC)CC2)c1. The first-order valence-electron chi connectivity index (χ1n) is 7.19. The Bertz CT molecular complexity index is 427. The van der Waals surface area contributed by atoms with E-state index in [1.54, 1.807) is 7.11 Å². The summed E-state index contributed by atoms with van der Waals surface area (Å²) < 4.78 is 5.57. The van der Waals surface area contributed by atoms with E-state index in [-0.39, 0.29) is 0 Å². The van der Waals surface area contributed by atoms with Crippen molar-refractivity contribution in [2.45, 2.75) is 32.2 Å². The van der Waals surface area contributed by atoms with Crippen LogP contribution in [0.2, 0.25) is 0 Å². The molecule has 1 aliphatic rings. The summed E-state index contributed by atoms with van der Waals surface area (Å²) in [6.07, 6.45) is 3.62. The molecule has 1 unspecified atom stereocenters. The van der Waals surface area contributed by atoms with Gasteiger partial charge in [-0.25, -0.2) is 0 Å². The maximum absolute atomic E-state index is 5.57. The van der Waals surface area contributed by atoms with Crippen molar-refractivity contribution in [3.63, 3.8) is 0 Å². The lowest BCUT2D eigenvalue weighted by Gasteiger charge is -2.28. The highest BCUT2D eigenvalue weighted by molar-refractivity contribution is 5.41. The van der Waals surface area contributed by atoms with Crippen molar-refractivity contribution >= 4 is 0 Å². The summed E-state index contributed by atoms with van der Waals surface area (Å²) in [5, 5.41) is 6.85. The molecule has 3 nitrogen and oxygen atoms in total. The fourth-order valence-corrected chi connectivity index (χ4v) is 3.10. The van der Waals surface area contributed by atoms with Crippen LogP contribution >= 0.6 is 0 Å². The Labute approximate surface area is 116 Å². The van der Waals surface area contributed by atoms with Crippen LogP contribution in [0.25, 0.3) is 0 Å². The molecule has 1 atom stereocenters. The molecule has 1 aromatic rings. The summed E-state index contributed by atoms with van der Waals surface area (Å²) in [5.74, 6) is 0.999. The molecule has 106 valence electrons. The summed E-state index contributed by atoms with van der Waals surface area (Å²) in [6.45, 7) is 3.25. The molecule has 0 aromatic heterocycles. The molecule has 0 bridgehead atoms. The Morgan fingerprint density at radius 2 is 2.05 bits per heavy atom. The van der Waals surface area contributed by atoms with Gasteiger partial charge < -0.3 is 15.4 Å². The first-order valence-corrected chi connectivity index (χ1v) is 7.19. The molecule has 3 heteroatoms. The van der Waals surface area contributed by atoms with Gasteiger partial charge in [0.2, 0.25) is 0 Å². The number of ether oxygens (including phenoxy) is 1. The maximum Gasteiger partial charge on any atom is 0.123 e. The Morgan fingerprint density at radius 1 is 1.32 bits per heavy atom. The Morgan fingerprint density at radius 3 is 2.53 bits per heavy atom. The van der Waals surface area contributed by atoms with Crippen molar-refractivity contribution in [2.75, 3.05) is 27.7 Å². The van der Waals surface area contributed by atoms with Crippen LogP contribution in [0.4, 0.5) is 0 Å².